The monoisotopic (exact) mass is 191 g/mol. The maximum absolute atomic E-state index is 5.70. The Balaban J connectivity index is 2.38. The smallest absolute Gasteiger partial charge is 0.258 e. The highest BCUT2D eigenvalue weighted by Gasteiger charge is 2.25. The molecule has 0 bridgehead atoms. The van der Waals surface area contributed by atoms with Crippen molar-refractivity contribution in [3.05, 3.63) is 0 Å². The quantitative estimate of drug-likeness (QED) is 0.639. The first-order chi connectivity index (χ1) is 5.77. The van der Waals surface area contributed by atoms with Crippen LogP contribution in [0.15, 0.2) is 0 Å². The summed E-state index contributed by atoms with van der Waals surface area (Å²) < 4.78 is 13.5. The van der Waals surface area contributed by atoms with E-state index in [1.165, 1.54) is 0 Å². The summed E-state index contributed by atoms with van der Waals surface area (Å²) in [5, 5.41) is 0. The van der Waals surface area contributed by atoms with E-state index in [2.05, 4.69) is 25.4 Å². The van der Waals surface area contributed by atoms with E-state index in [-0.39, 0.29) is 0 Å². The molecule has 3 nitrogen and oxygen atoms in total. The molecule has 0 radical (unpaired) electrons. The fourth-order valence-corrected chi connectivity index (χ4v) is 2.63. The molecule has 0 aliphatic carbocycles. The van der Waals surface area contributed by atoms with Crippen LogP contribution in [0.1, 0.15) is 27.2 Å². The highest BCUT2D eigenvalue weighted by atomic mass is 31.2. The van der Waals surface area contributed by atoms with Crippen LogP contribution in [-0.2, 0) is 9.05 Å². The minimum atomic E-state index is -0.741. The summed E-state index contributed by atoms with van der Waals surface area (Å²) in [5.41, 5.74) is 0. The third kappa shape index (κ3) is 2.67. The van der Waals surface area contributed by atoms with Gasteiger partial charge in [0.2, 0.25) is 0 Å². The zero-order chi connectivity index (χ0) is 8.97. The van der Waals surface area contributed by atoms with E-state index >= 15 is 0 Å². The topological polar surface area (TPSA) is 21.7 Å². The minimum Gasteiger partial charge on any atom is -0.322 e. The Morgan fingerprint density at radius 3 is 2.58 bits per heavy atom. The molecule has 1 heterocycles. The van der Waals surface area contributed by atoms with Crippen LogP contribution >= 0.6 is 8.53 Å². The van der Waals surface area contributed by atoms with Crippen molar-refractivity contribution in [3.63, 3.8) is 0 Å². The first-order valence-electron chi connectivity index (χ1n) is 4.62. The van der Waals surface area contributed by atoms with E-state index in [9.17, 15) is 0 Å². The van der Waals surface area contributed by atoms with Gasteiger partial charge in [-0.05, 0) is 13.3 Å². The maximum atomic E-state index is 5.70. The van der Waals surface area contributed by atoms with Gasteiger partial charge >= 0.3 is 0 Å². The molecule has 1 aliphatic rings. The molecule has 1 aliphatic heterocycles. The van der Waals surface area contributed by atoms with E-state index < -0.39 is 8.53 Å². The molecule has 0 amide bonds. The van der Waals surface area contributed by atoms with Crippen molar-refractivity contribution in [2.75, 3.05) is 19.7 Å². The van der Waals surface area contributed by atoms with Crippen LogP contribution in [0.2, 0.25) is 0 Å². The lowest BCUT2D eigenvalue weighted by molar-refractivity contribution is 0.0971. The van der Waals surface area contributed by atoms with Gasteiger partial charge in [0.25, 0.3) is 8.53 Å². The van der Waals surface area contributed by atoms with Gasteiger partial charge in [0, 0.05) is 13.1 Å². The van der Waals surface area contributed by atoms with Crippen LogP contribution in [0.4, 0.5) is 0 Å². The molecule has 72 valence electrons. The van der Waals surface area contributed by atoms with Gasteiger partial charge in [-0.15, -0.1) is 0 Å². The molecular weight excluding hydrogens is 173 g/mol. The number of rotatable bonds is 3. The van der Waals surface area contributed by atoms with Crippen LogP contribution in [0.3, 0.4) is 0 Å². The molecule has 2 atom stereocenters. The standard InChI is InChI=1S/C8H18NO2P/c1-4-9(5-2)12-10-7-6-8(3)11-12/h8H,4-7H2,1-3H3/t8-,12-/m1/s1. The third-order valence-electron chi connectivity index (χ3n) is 1.96. The number of hydrogen-bond acceptors (Lipinski definition) is 3. The largest absolute Gasteiger partial charge is 0.322 e. The van der Waals surface area contributed by atoms with Crippen LogP contribution in [0.5, 0.6) is 0 Å². The Labute approximate surface area is 76.0 Å². The molecule has 0 aromatic carbocycles. The van der Waals surface area contributed by atoms with Gasteiger partial charge in [0.05, 0.1) is 12.7 Å². The Bertz CT molecular complexity index is 130. The molecule has 0 unspecified atom stereocenters. The van der Waals surface area contributed by atoms with Crippen molar-refractivity contribution in [2.24, 2.45) is 0 Å². The number of nitrogens with zero attached hydrogens (tertiary/aromatic N) is 1. The van der Waals surface area contributed by atoms with Gasteiger partial charge in [0.1, 0.15) is 0 Å². The molecular formula is C8H18NO2P. The predicted octanol–water partition coefficient (Wildman–Crippen LogP) is 2.38. The fraction of sp³-hybridized carbons (Fsp3) is 1.00. The summed E-state index contributed by atoms with van der Waals surface area (Å²) in [7, 11) is -0.741. The first kappa shape index (κ1) is 10.4. The van der Waals surface area contributed by atoms with Crippen LogP contribution in [-0.4, -0.2) is 30.5 Å². The van der Waals surface area contributed by atoms with E-state index in [0.29, 0.717) is 6.10 Å². The maximum Gasteiger partial charge on any atom is 0.258 e. The second-order valence-corrected chi connectivity index (χ2v) is 4.43. The van der Waals surface area contributed by atoms with E-state index in [1.54, 1.807) is 0 Å². The molecule has 0 spiro atoms. The highest BCUT2D eigenvalue weighted by Crippen LogP contribution is 2.46. The molecule has 1 saturated heterocycles. The Hall–Kier alpha value is 0.310. The summed E-state index contributed by atoms with van der Waals surface area (Å²) in [4.78, 5) is 0. The molecule has 12 heavy (non-hydrogen) atoms. The summed E-state index contributed by atoms with van der Waals surface area (Å²) in [6.07, 6.45) is 1.39. The van der Waals surface area contributed by atoms with E-state index in [4.69, 9.17) is 9.05 Å². The zero-order valence-electron chi connectivity index (χ0n) is 8.12. The lowest BCUT2D eigenvalue weighted by Gasteiger charge is -2.33. The second kappa shape index (κ2) is 5.13. The van der Waals surface area contributed by atoms with Crippen molar-refractivity contribution in [1.29, 1.82) is 0 Å². The normalized spacial score (nSPS) is 31.0. The molecule has 0 aromatic heterocycles. The Morgan fingerprint density at radius 2 is 2.08 bits per heavy atom. The first-order valence-corrected chi connectivity index (χ1v) is 5.75. The molecule has 0 N–H and O–H groups in total. The molecule has 4 heteroatoms. The summed E-state index contributed by atoms with van der Waals surface area (Å²) in [5.74, 6) is 0. The highest BCUT2D eigenvalue weighted by molar-refractivity contribution is 7.44. The van der Waals surface area contributed by atoms with Crippen LogP contribution in [0.25, 0.3) is 0 Å². The Morgan fingerprint density at radius 1 is 1.42 bits per heavy atom. The van der Waals surface area contributed by atoms with Gasteiger partial charge in [-0.3, -0.25) is 0 Å². The van der Waals surface area contributed by atoms with Crippen molar-refractivity contribution in [3.8, 4) is 0 Å². The van der Waals surface area contributed by atoms with Crippen molar-refractivity contribution < 1.29 is 9.05 Å². The molecule has 1 fully saturated rings. The van der Waals surface area contributed by atoms with Gasteiger partial charge in [-0.2, -0.15) is 0 Å². The average molecular weight is 191 g/mol. The van der Waals surface area contributed by atoms with Crippen molar-refractivity contribution in [1.82, 2.24) is 4.67 Å². The summed E-state index contributed by atoms with van der Waals surface area (Å²) in [6, 6.07) is 0. The van der Waals surface area contributed by atoms with Gasteiger partial charge < -0.3 is 9.05 Å². The van der Waals surface area contributed by atoms with Crippen molar-refractivity contribution in [2.45, 2.75) is 33.3 Å². The van der Waals surface area contributed by atoms with E-state index in [0.717, 1.165) is 26.1 Å². The third-order valence-corrected chi connectivity index (χ3v) is 3.93. The van der Waals surface area contributed by atoms with Crippen LogP contribution < -0.4 is 0 Å². The van der Waals surface area contributed by atoms with Gasteiger partial charge in [0.15, 0.2) is 0 Å². The lowest BCUT2D eigenvalue weighted by Crippen LogP contribution is -2.25. The average Bonchev–Trinajstić information content (AvgIpc) is 2.07. The molecule has 0 saturated carbocycles. The van der Waals surface area contributed by atoms with Crippen LogP contribution in [0, 0.1) is 0 Å². The predicted molar refractivity (Wildman–Crippen MR) is 51.0 cm³/mol. The fourth-order valence-electron chi connectivity index (χ4n) is 1.14. The minimum absolute atomic E-state index is 0.366. The summed E-state index contributed by atoms with van der Waals surface area (Å²) in [6.45, 7) is 9.25. The van der Waals surface area contributed by atoms with Gasteiger partial charge in [-0.25, -0.2) is 4.67 Å². The second-order valence-electron chi connectivity index (χ2n) is 2.91. The number of hydrogen-bond donors (Lipinski definition) is 0. The molecule has 0 aromatic rings. The van der Waals surface area contributed by atoms with E-state index in [1.807, 2.05) is 0 Å². The zero-order valence-corrected chi connectivity index (χ0v) is 9.01. The Kier molecular flexibility index (Phi) is 4.44. The van der Waals surface area contributed by atoms with Gasteiger partial charge in [-0.1, -0.05) is 13.8 Å². The van der Waals surface area contributed by atoms with Crippen molar-refractivity contribution >= 4 is 8.53 Å². The SMILES string of the molecule is CCN(CC)[P@]1OCC[C@@H](C)O1. The summed E-state index contributed by atoms with van der Waals surface area (Å²) >= 11 is 0. The lowest BCUT2D eigenvalue weighted by atomic mass is 10.3. The molecule has 1 rings (SSSR count).